The molecule has 1 radical (unpaired) electrons. The molecule has 0 atom stereocenters. The lowest BCUT2D eigenvalue weighted by Crippen LogP contribution is -1.97. The van der Waals surface area contributed by atoms with Gasteiger partial charge in [0, 0.05) is 11.1 Å². The highest BCUT2D eigenvalue weighted by atomic mass is 16.5. The summed E-state index contributed by atoms with van der Waals surface area (Å²) >= 11 is 0. The lowest BCUT2D eigenvalue weighted by molar-refractivity contribution is 0.310. The van der Waals surface area contributed by atoms with Crippen LogP contribution in [0.3, 0.4) is 0 Å². The molecule has 0 unspecified atom stereocenters. The number of furan rings is 1. The quantitative estimate of drug-likeness (QED) is 0.705. The van der Waals surface area contributed by atoms with Crippen molar-refractivity contribution in [3.05, 3.63) is 42.9 Å². The van der Waals surface area contributed by atoms with E-state index in [0.717, 1.165) is 36.3 Å². The third-order valence-corrected chi connectivity index (χ3v) is 2.40. The molecule has 0 saturated heterocycles. The predicted octanol–water partition coefficient (Wildman–Crippen LogP) is 3.93. The maximum absolute atomic E-state index is 5.74. The van der Waals surface area contributed by atoms with Crippen molar-refractivity contribution >= 4 is 0 Å². The van der Waals surface area contributed by atoms with Gasteiger partial charge in [-0.05, 0) is 18.6 Å². The van der Waals surface area contributed by atoms with Crippen molar-refractivity contribution in [2.24, 2.45) is 0 Å². The van der Waals surface area contributed by atoms with Crippen molar-refractivity contribution in [2.45, 2.75) is 19.8 Å². The van der Waals surface area contributed by atoms with E-state index in [0.29, 0.717) is 0 Å². The Morgan fingerprint density at radius 3 is 2.88 bits per heavy atom. The normalized spacial score (nSPS) is 10.3. The lowest BCUT2D eigenvalue weighted by Gasteiger charge is -2.09. The van der Waals surface area contributed by atoms with Crippen LogP contribution in [0.25, 0.3) is 11.1 Å². The van der Waals surface area contributed by atoms with E-state index in [1.165, 1.54) is 0 Å². The molecule has 1 aromatic carbocycles. The monoisotopic (exact) mass is 215 g/mol. The van der Waals surface area contributed by atoms with Gasteiger partial charge < -0.3 is 9.15 Å². The Bertz CT molecular complexity index is 418. The molecular formula is C14H15O2. The first-order valence-electron chi connectivity index (χ1n) is 5.59. The lowest BCUT2D eigenvalue weighted by atomic mass is 10.1. The fourth-order valence-electron chi connectivity index (χ4n) is 1.52. The number of benzene rings is 1. The topological polar surface area (TPSA) is 22.4 Å². The number of ether oxygens (including phenoxy) is 1. The Balaban J connectivity index is 2.18. The molecule has 1 heterocycles. The third kappa shape index (κ3) is 2.45. The molecule has 0 aliphatic carbocycles. The second-order valence-electron chi connectivity index (χ2n) is 3.63. The van der Waals surface area contributed by atoms with Gasteiger partial charge in [0.15, 0.2) is 6.26 Å². The van der Waals surface area contributed by atoms with Crippen molar-refractivity contribution in [1.82, 2.24) is 0 Å². The van der Waals surface area contributed by atoms with Gasteiger partial charge in [0.1, 0.15) is 5.75 Å². The Labute approximate surface area is 95.9 Å². The van der Waals surface area contributed by atoms with Crippen molar-refractivity contribution in [1.29, 1.82) is 0 Å². The van der Waals surface area contributed by atoms with Crippen LogP contribution < -0.4 is 4.74 Å². The Morgan fingerprint density at radius 2 is 2.12 bits per heavy atom. The number of unbranched alkanes of at least 4 members (excludes halogenated alkanes) is 1. The summed E-state index contributed by atoms with van der Waals surface area (Å²) in [5.74, 6) is 0.897. The summed E-state index contributed by atoms with van der Waals surface area (Å²) in [7, 11) is 0. The molecule has 83 valence electrons. The minimum absolute atomic E-state index is 0.755. The van der Waals surface area contributed by atoms with Gasteiger partial charge in [-0.25, -0.2) is 0 Å². The molecule has 16 heavy (non-hydrogen) atoms. The molecular weight excluding hydrogens is 200 g/mol. The molecule has 1 aromatic heterocycles. The van der Waals surface area contributed by atoms with Gasteiger partial charge in [0.2, 0.25) is 0 Å². The zero-order chi connectivity index (χ0) is 11.2. The summed E-state index contributed by atoms with van der Waals surface area (Å²) in [6, 6.07) is 9.85. The van der Waals surface area contributed by atoms with Crippen LogP contribution in [-0.4, -0.2) is 6.61 Å². The van der Waals surface area contributed by atoms with Gasteiger partial charge in [0.25, 0.3) is 0 Å². The smallest absolute Gasteiger partial charge is 0.177 e. The number of hydrogen-bond donors (Lipinski definition) is 0. The molecule has 0 spiro atoms. The molecule has 2 nitrogen and oxygen atoms in total. The number of hydrogen-bond acceptors (Lipinski definition) is 2. The van der Waals surface area contributed by atoms with Crippen molar-refractivity contribution in [2.75, 3.05) is 6.61 Å². The summed E-state index contributed by atoms with van der Waals surface area (Å²) in [6.07, 6.45) is 6.66. The molecule has 0 aliphatic heterocycles. The van der Waals surface area contributed by atoms with E-state index in [9.17, 15) is 0 Å². The fraction of sp³-hybridized carbons (Fsp3) is 0.286. The van der Waals surface area contributed by atoms with Crippen molar-refractivity contribution < 1.29 is 9.15 Å². The molecule has 0 fully saturated rings. The van der Waals surface area contributed by atoms with Crippen molar-refractivity contribution in [3.8, 4) is 16.9 Å². The average Bonchev–Trinajstić information content (AvgIpc) is 2.83. The van der Waals surface area contributed by atoms with Crippen LogP contribution >= 0.6 is 0 Å². The van der Waals surface area contributed by atoms with E-state index < -0.39 is 0 Å². The number of rotatable bonds is 5. The van der Waals surface area contributed by atoms with E-state index >= 15 is 0 Å². The summed E-state index contributed by atoms with van der Waals surface area (Å²) in [4.78, 5) is 0. The maximum Gasteiger partial charge on any atom is 0.177 e. The van der Waals surface area contributed by atoms with Gasteiger partial charge in [0.05, 0.1) is 12.9 Å². The summed E-state index contributed by atoms with van der Waals surface area (Å²) in [5.41, 5.74) is 1.97. The first kappa shape index (κ1) is 10.8. The Kier molecular flexibility index (Phi) is 3.65. The van der Waals surface area contributed by atoms with Crippen molar-refractivity contribution in [3.63, 3.8) is 0 Å². The molecule has 0 N–H and O–H groups in total. The Hall–Kier alpha value is -1.70. The van der Waals surface area contributed by atoms with Gasteiger partial charge in [-0.15, -0.1) is 0 Å². The second-order valence-corrected chi connectivity index (χ2v) is 3.63. The van der Waals surface area contributed by atoms with E-state index in [1.807, 2.05) is 30.3 Å². The third-order valence-electron chi connectivity index (χ3n) is 2.40. The average molecular weight is 215 g/mol. The summed E-state index contributed by atoms with van der Waals surface area (Å²) < 4.78 is 10.7. The fourth-order valence-corrected chi connectivity index (χ4v) is 1.52. The summed E-state index contributed by atoms with van der Waals surface area (Å²) in [6.45, 7) is 2.91. The summed E-state index contributed by atoms with van der Waals surface area (Å²) in [5, 5.41) is 0. The first-order chi connectivity index (χ1) is 7.92. The molecule has 0 amide bonds. The van der Waals surface area contributed by atoms with Gasteiger partial charge in [-0.2, -0.15) is 0 Å². The highest BCUT2D eigenvalue weighted by Crippen LogP contribution is 2.29. The maximum atomic E-state index is 5.74. The standard InChI is InChI=1S/C14H15O2/c1-2-3-9-16-14-7-5-4-6-13(14)12-8-10-15-11-12/h4-8,10H,2-3,9H2,1H3. The zero-order valence-electron chi connectivity index (χ0n) is 9.40. The SMILES string of the molecule is CCCCOc1ccccc1-c1[c]occ1. The van der Waals surface area contributed by atoms with E-state index in [4.69, 9.17) is 9.15 Å². The first-order valence-corrected chi connectivity index (χ1v) is 5.59. The highest BCUT2D eigenvalue weighted by Gasteiger charge is 2.06. The van der Waals surface area contributed by atoms with Crippen LogP contribution in [0.5, 0.6) is 5.75 Å². The van der Waals surface area contributed by atoms with E-state index in [1.54, 1.807) is 6.26 Å². The predicted molar refractivity (Wildman–Crippen MR) is 63.4 cm³/mol. The van der Waals surface area contributed by atoms with Crippen LogP contribution in [-0.2, 0) is 0 Å². The molecule has 0 aliphatic rings. The second kappa shape index (κ2) is 5.40. The minimum Gasteiger partial charge on any atom is -0.493 e. The minimum atomic E-state index is 0.755. The molecule has 0 saturated carbocycles. The van der Waals surface area contributed by atoms with Crippen LogP contribution in [0.15, 0.2) is 41.0 Å². The largest absolute Gasteiger partial charge is 0.493 e. The van der Waals surface area contributed by atoms with Crippen LogP contribution in [0.4, 0.5) is 0 Å². The van der Waals surface area contributed by atoms with E-state index in [-0.39, 0.29) is 0 Å². The molecule has 2 heteroatoms. The molecule has 2 aromatic rings. The zero-order valence-corrected chi connectivity index (χ0v) is 9.40. The van der Waals surface area contributed by atoms with Crippen LogP contribution in [0, 0.1) is 6.26 Å². The van der Waals surface area contributed by atoms with E-state index in [2.05, 4.69) is 13.2 Å². The van der Waals surface area contributed by atoms with Crippen LogP contribution in [0.2, 0.25) is 0 Å². The van der Waals surface area contributed by atoms with Gasteiger partial charge in [-0.3, -0.25) is 0 Å². The van der Waals surface area contributed by atoms with Crippen LogP contribution in [0.1, 0.15) is 19.8 Å². The van der Waals surface area contributed by atoms with Gasteiger partial charge >= 0.3 is 0 Å². The molecule has 2 rings (SSSR count). The Morgan fingerprint density at radius 1 is 1.25 bits per heavy atom. The highest BCUT2D eigenvalue weighted by molar-refractivity contribution is 5.68. The number of para-hydroxylation sites is 1. The van der Waals surface area contributed by atoms with Gasteiger partial charge in [-0.1, -0.05) is 31.5 Å². The molecule has 0 bridgehead atoms.